The minimum absolute atomic E-state index is 0.0331. The fraction of sp³-hybridized carbons (Fsp3) is 0.438. The molecule has 230 valence electrons. The van der Waals surface area contributed by atoms with Crippen LogP contribution >= 0.6 is 0 Å². The smallest absolute Gasteiger partial charge is 0.335 e. The highest BCUT2D eigenvalue weighted by Crippen LogP contribution is 2.35. The molecule has 7 rings (SSSR count). The number of hydrogen-bond donors (Lipinski definition) is 4. The van der Waals surface area contributed by atoms with Gasteiger partial charge in [-0.05, 0) is 43.5 Å². The van der Waals surface area contributed by atoms with Crippen LogP contribution in [0, 0.1) is 0 Å². The molecule has 5 heterocycles. The molecule has 12 heteroatoms. The van der Waals surface area contributed by atoms with E-state index < -0.39 is 30.5 Å². The fourth-order valence-electron chi connectivity index (χ4n) is 6.78. The van der Waals surface area contributed by atoms with Crippen molar-refractivity contribution in [1.82, 2.24) is 24.4 Å². The third kappa shape index (κ3) is 5.38. The number of anilines is 2. The van der Waals surface area contributed by atoms with E-state index in [0.717, 1.165) is 43.7 Å². The van der Waals surface area contributed by atoms with Gasteiger partial charge in [-0.3, -0.25) is 9.47 Å². The molecule has 12 nitrogen and oxygen atoms in total. The molecule has 0 radical (unpaired) electrons. The highest BCUT2D eigenvalue weighted by atomic mass is 16.6. The molecule has 0 unspecified atom stereocenters. The average molecular weight is 600 g/mol. The topological polar surface area (TPSA) is 149 Å². The second kappa shape index (κ2) is 12.1. The number of ether oxygens (including phenoxy) is 1. The summed E-state index contributed by atoms with van der Waals surface area (Å²) >= 11 is 0. The van der Waals surface area contributed by atoms with Gasteiger partial charge in [0.15, 0.2) is 29.3 Å². The number of benzene rings is 2. The van der Waals surface area contributed by atoms with Crippen LogP contribution in [0.2, 0.25) is 0 Å². The molecule has 3 fully saturated rings. The highest BCUT2D eigenvalue weighted by Gasteiger charge is 2.48. The number of hydrogen-bond acceptors (Lipinski definition) is 10. The van der Waals surface area contributed by atoms with Gasteiger partial charge in [-0.1, -0.05) is 60.7 Å². The summed E-state index contributed by atoms with van der Waals surface area (Å²) in [6.45, 7) is 4.37. The Morgan fingerprint density at radius 1 is 0.955 bits per heavy atom. The summed E-state index contributed by atoms with van der Waals surface area (Å²) in [5.41, 5.74) is 3.17. The van der Waals surface area contributed by atoms with Crippen molar-refractivity contribution in [3.8, 4) is 0 Å². The number of carboxylic acids is 1. The zero-order chi connectivity index (χ0) is 30.2. The Hall–Kier alpha value is -4.10. The second-order valence-corrected chi connectivity index (χ2v) is 11.8. The lowest BCUT2D eigenvalue weighted by Crippen LogP contribution is -2.36. The molecular formula is C32H37N7O5. The molecule has 0 amide bonds. The minimum Gasteiger partial charge on any atom is -0.479 e. The second-order valence-electron chi connectivity index (χ2n) is 11.8. The van der Waals surface area contributed by atoms with Gasteiger partial charge in [0.05, 0.1) is 6.33 Å². The van der Waals surface area contributed by atoms with Gasteiger partial charge >= 0.3 is 5.97 Å². The van der Waals surface area contributed by atoms with Crippen molar-refractivity contribution in [1.29, 1.82) is 0 Å². The van der Waals surface area contributed by atoms with Crippen LogP contribution in [0.5, 0.6) is 0 Å². The van der Waals surface area contributed by atoms with Crippen LogP contribution in [0.15, 0.2) is 67.0 Å². The van der Waals surface area contributed by atoms with Crippen molar-refractivity contribution < 1.29 is 24.9 Å². The molecular weight excluding hydrogens is 562 g/mol. The zero-order valence-electron chi connectivity index (χ0n) is 24.3. The summed E-state index contributed by atoms with van der Waals surface area (Å²) in [5.74, 6) is -0.250. The number of carboxylic acid groups (broad SMARTS) is 1. The van der Waals surface area contributed by atoms with Gasteiger partial charge in [0, 0.05) is 31.6 Å². The Bertz CT molecular complexity index is 1560. The van der Waals surface area contributed by atoms with Crippen molar-refractivity contribution in [2.75, 3.05) is 42.9 Å². The molecule has 3 aliphatic heterocycles. The van der Waals surface area contributed by atoms with Gasteiger partial charge in [-0.25, -0.2) is 9.78 Å². The van der Waals surface area contributed by atoms with Crippen LogP contribution in [0.3, 0.4) is 0 Å². The highest BCUT2D eigenvalue weighted by molar-refractivity contribution is 5.84. The van der Waals surface area contributed by atoms with Gasteiger partial charge in [0.2, 0.25) is 5.95 Å². The first-order valence-corrected chi connectivity index (χ1v) is 15.3. The molecule has 0 spiro atoms. The summed E-state index contributed by atoms with van der Waals surface area (Å²) in [6.07, 6.45) is -0.882. The van der Waals surface area contributed by atoms with E-state index in [1.165, 1.54) is 23.7 Å². The predicted octanol–water partition coefficient (Wildman–Crippen LogP) is 2.45. The van der Waals surface area contributed by atoms with Crippen LogP contribution < -0.4 is 10.2 Å². The number of nitrogens with one attached hydrogen (secondary N) is 1. The normalized spacial score (nSPS) is 25.8. The molecule has 44 heavy (non-hydrogen) atoms. The number of aliphatic hydroxyl groups is 2. The van der Waals surface area contributed by atoms with Crippen molar-refractivity contribution in [2.24, 2.45) is 0 Å². The third-order valence-electron chi connectivity index (χ3n) is 9.15. The molecule has 4 N–H and O–H groups in total. The van der Waals surface area contributed by atoms with E-state index in [1.54, 1.807) is 0 Å². The fourth-order valence-corrected chi connectivity index (χ4v) is 6.78. The number of fused-ring (bicyclic) bond motifs is 1. The Morgan fingerprint density at radius 2 is 1.64 bits per heavy atom. The number of imidazole rings is 1. The lowest BCUT2D eigenvalue weighted by atomic mass is 9.91. The van der Waals surface area contributed by atoms with Crippen LogP contribution in [-0.4, -0.2) is 103 Å². The minimum atomic E-state index is -1.59. The first-order chi connectivity index (χ1) is 21.5. The molecule has 2 aromatic carbocycles. The largest absolute Gasteiger partial charge is 0.479 e. The van der Waals surface area contributed by atoms with E-state index in [4.69, 9.17) is 14.7 Å². The van der Waals surface area contributed by atoms with Crippen molar-refractivity contribution in [3.05, 3.63) is 78.1 Å². The molecule has 3 saturated heterocycles. The van der Waals surface area contributed by atoms with E-state index in [-0.39, 0.29) is 5.92 Å². The maximum absolute atomic E-state index is 11.7. The van der Waals surface area contributed by atoms with Crippen LogP contribution in [0.4, 0.5) is 11.8 Å². The van der Waals surface area contributed by atoms with Gasteiger partial charge in [0.1, 0.15) is 12.2 Å². The summed E-state index contributed by atoms with van der Waals surface area (Å²) in [6, 6.07) is 21.0. The van der Waals surface area contributed by atoms with Gasteiger partial charge in [0.25, 0.3) is 0 Å². The number of rotatable bonds is 9. The quantitative estimate of drug-likeness (QED) is 0.225. The SMILES string of the molecule is O=C(O)[C@H]1O[C@@H](n2cnc3c(NCC(c4ccccc4)c4ccccc4)nc(N4CC[C@@H](N5CCCC5)C4)nc32)[C@H](O)[C@@H]1O. The number of aliphatic carboxylic acids is 1. The van der Waals surface area contributed by atoms with Crippen LogP contribution in [0.1, 0.15) is 42.5 Å². The van der Waals surface area contributed by atoms with Crippen LogP contribution in [0.25, 0.3) is 11.2 Å². The average Bonchev–Trinajstić information content (AvgIpc) is 3.86. The summed E-state index contributed by atoms with van der Waals surface area (Å²) < 4.78 is 7.13. The zero-order valence-corrected chi connectivity index (χ0v) is 24.3. The Balaban J connectivity index is 1.25. The van der Waals surface area contributed by atoms with Crippen molar-refractivity contribution in [2.45, 2.75) is 55.8 Å². The van der Waals surface area contributed by atoms with Gasteiger partial charge in [-0.2, -0.15) is 9.97 Å². The molecule has 0 bridgehead atoms. The molecule has 4 aromatic rings. The van der Waals surface area contributed by atoms with Crippen molar-refractivity contribution in [3.63, 3.8) is 0 Å². The molecule has 0 saturated carbocycles. The number of nitrogens with zero attached hydrogens (tertiary/aromatic N) is 6. The maximum atomic E-state index is 11.7. The number of aliphatic hydroxyl groups excluding tert-OH is 2. The lowest BCUT2D eigenvalue weighted by Gasteiger charge is -2.24. The summed E-state index contributed by atoms with van der Waals surface area (Å²) in [4.78, 5) is 30.9. The van der Waals surface area contributed by atoms with Crippen LogP contribution in [-0.2, 0) is 9.53 Å². The van der Waals surface area contributed by atoms with E-state index in [0.29, 0.717) is 35.5 Å². The predicted molar refractivity (Wildman–Crippen MR) is 164 cm³/mol. The Kier molecular flexibility index (Phi) is 7.89. The monoisotopic (exact) mass is 599 g/mol. The van der Waals surface area contributed by atoms with Gasteiger partial charge in [-0.15, -0.1) is 0 Å². The first kappa shape index (κ1) is 28.7. The number of aromatic nitrogens is 4. The summed E-state index contributed by atoms with van der Waals surface area (Å²) in [7, 11) is 0. The molecule has 3 aliphatic rings. The Morgan fingerprint density at radius 3 is 2.27 bits per heavy atom. The van der Waals surface area contributed by atoms with E-state index in [9.17, 15) is 20.1 Å². The summed E-state index contributed by atoms with van der Waals surface area (Å²) in [5, 5.41) is 34.3. The lowest BCUT2D eigenvalue weighted by molar-refractivity contribution is -0.155. The van der Waals surface area contributed by atoms with Gasteiger partial charge < -0.3 is 30.3 Å². The first-order valence-electron chi connectivity index (χ1n) is 15.3. The standard InChI is InChI=1S/C32H37N7O5/c40-25-26(41)30(44-27(25)31(42)43)39-19-34-24-28(33-17-23(20-9-3-1-4-10-20)21-11-5-2-6-12-21)35-32(36-29(24)39)38-16-13-22(18-38)37-14-7-8-15-37/h1-6,9-12,19,22-23,25-27,30,40-41H,7-8,13-18H2,(H,42,43)(H,33,35,36)/t22-,25+,26-,27+,30-/m1/s1. The Labute approximate surface area is 254 Å². The molecule has 2 aromatic heterocycles. The van der Waals surface area contributed by atoms with E-state index >= 15 is 0 Å². The molecule has 0 aliphatic carbocycles. The van der Waals surface area contributed by atoms with Crippen molar-refractivity contribution >= 4 is 28.9 Å². The number of likely N-dealkylation sites (tertiary alicyclic amines) is 1. The van der Waals surface area contributed by atoms with E-state index in [2.05, 4.69) is 44.4 Å². The third-order valence-corrected chi connectivity index (χ3v) is 9.15. The van der Waals surface area contributed by atoms with E-state index in [1.807, 2.05) is 36.4 Å². The number of carbonyl (C=O) groups is 1. The molecule has 5 atom stereocenters. The maximum Gasteiger partial charge on any atom is 0.335 e.